The van der Waals surface area contributed by atoms with Gasteiger partial charge in [-0.25, -0.2) is 9.78 Å². The summed E-state index contributed by atoms with van der Waals surface area (Å²) >= 11 is 0.959. The van der Waals surface area contributed by atoms with Gasteiger partial charge in [-0.3, -0.25) is 14.5 Å². The summed E-state index contributed by atoms with van der Waals surface area (Å²) in [5.41, 5.74) is 1.28. The Kier molecular flexibility index (Phi) is 7.21. The molecule has 200 valence electrons. The van der Waals surface area contributed by atoms with Crippen molar-refractivity contribution in [1.29, 1.82) is 0 Å². The van der Waals surface area contributed by atoms with Gasteiger partial charge in [-0.15, -0.1) is 0 Å². The molecule has 2 aromatic heterocycles. The van der Waals surface area contributed by atoms with Gasteiger partial charge < -0.3 is 19.0 Å². The second kappa shape index (κ2) is 10.7. The lowest BCUT2D eigenvalue weighted by molar-refractivity contribution is -0.117. The van der Waals surface area contributed by atoms with Crippen LogP contribution in [0.5, 0.6) is 5.75 Å². The normalized spacial score (nSPS) is 15.3. The SMILES string of the molecule is CCCOc1ccc(C2C(C(=O)c3cc4ccccc4o3)=C(O)C(=O)N2c2nc(C)c(C(=O)OCC)s2)cc1. The molecule has 0 saturated carbocycles. The Balaban J connectivity index is 1.60. The number of ketones is 1. The lowest BCUT2D eigenvalue weighted by Crippen LogP contribution is -2.31. The van der Waals surface area contributed by atoms with E-state index < -0.39 is 29.5 Å². The van der Waals surface area contributed by atoms with Gasteiger partial charge in [0.15, 0.2) is 16.7 Å². The van der Waals surface area contributed by atoms with Crippen LogP contribution >= 0.6 is 11.3 Å². The van der Waals surface area contributed by atoms with E-state index in [9.17, 15) is 19.5 Å². The second-order valence-corrected chi connectivity index (χ2v) is 9.84. The van der Waals surface area contributed by atoms with Crippen LogP contribution in [0.25, 0.3) is 11.0 Å². The molecule has 39 heavy (non-hydrogen) atoms. The highest BCUT2D eigenvalue weighted by Crippen LogP contribution is 2.44. The van der Waals surface area contributed by atoms with Gasteiger partial charge in [0.05, 0.1) is 30.5 Å². The van der Waals surface area contributed by atoms with Crippen molar-refractivity contribution >= 4 is 45.1 Å². The zero-order valence-corrected chi connectivity index (χ0v) is 22.4. The summed E-state index contributed by atoms with van der Waals surface area (Å²) in [4.78, 5) is 45.7. The minimum Gasteiger partial charge on any atom is -0.503 e. The number of Topliss-reactive ketones (excluding diaryl/α,β-unsaturated/α-hetero) is 1. The fourth-order valence-corrected chi connectivity index (χ4v) is 5.40. The van der Waals surface area contributed by atoms with E-state index in [4.69, 9.17) is 13.9 Å². The zero-order valence-electron chi connectivity index (χ0n) is 21.6. The number of rotatable bonds is 9. The van der Waals surface area contributed by atoms with E-state index in [-0.39, 0.29) is 27.9 Å². The van der Waals surface area contributed by atoms with E-state index >= 15 is 0 Å². The molecule has 9 nitrogen and oxygen atoms in total. The Bertz CT molecular complexity index is 1570. The Morgan fingerprint density at radius 1 is 1.13 bits per heavy atom. The monoisotopic (exact) mass is 546 g/mol. The third-order valence-electron chi connectivity index (χ3n) is 6.22. The molecule has 1 atom stereocenters. The van der Waals surface area contributed by atoms with Crippen molar-refractivity contribution in [2.45, 2.75) is 33.2 Å². The maximum atomic E-state index is 13.8. The van der Waals surface area contributed by atoms with Crippen LogP contribution in [0.3, 0.4) is 0 Å². The molecule has 4 aromatic rings. The van der Waals surface area contributed by atoms with E-state index in [0.717, 1.165) is 17.8 Å². The molecule has 3 heterocycles. The maximum Gasteiger partial charge on any atom is 0.350 e. The molecular formula is C29H26N2O7S. The number of amides is 1. The topological polar surface area (TPSA) is 119 Å². The number of ether oxygens (including phenoxy) is 2. The van der Waals surface area contributed by atoms with Crippen molar-refractivity contribution in [2.75, 3.05) is 18.1 Å². The number of aryl methyl sites for hydroxylation is 1. The number of aliphatic hydroxyl groups excluding tert-OH is 1. The average molecular weight is 547 g/mol. The number of carbonyl (C=O) groups excluding carboxylic acids is 3. The molecule has 5 rings (SSSR count). The number of hydrogen-bond acceptors (Lipinski definition) is 9. The molecule has 1 N–H and O–H groups in total. The van der Waals surface area contributed by atoms with Crippen molar-refractivity contribution in [3.05, 3.63) is 87.8 Å². The molecule has 0 saturated heterocycles. The van der Waals surface area contributed by atoms with Crippen LogP contribution in [0, 0.1) is 6.92 Å². The molecule has 2 aromatic carbocycles. The molecule has 0 fully saturated rings. The predicted molar refractivity (Wildman–Crippen MR) is 145 cm³/mol. The summed E-state index contributed by atoms with van der Waals surface area (Å²) in [6, 6.07) is 14.6. The number of benzene rings is 2. The summed E-state index contributed by atoms with van der Waals surface area (Å²) in [5, 5.41) is 11.9. The zero-order chi connectivity index (χ0) is 27.7. The number of aliphatic hydroxyl groups is 1. The fourth-order valence-electron chi connectivity index (χ4n) is 4.41. The molecule has 0 spiro atoms. The molecule has 1 unspecified atom stereocenters. The van der Waals surface area contributed by atoms with E-state index in [2.05, 4.69) is 4.98 Å². The molecule has 1 amide bonds. The van der Waals surface area contributed by atoms with E-state index in [1.807, 2.05) is 13.0 Å². The van der Waals surface area contributed by atoms with Crippen LogP contribution in [0.15, 0.2) is 70.3 Å². The lowest BCUT2D eigenvalue weighted by atomic mass is 9.95. The summed E-state index contributed by atoms with van der Waals surface area (Å²) in [5.74, 6) is -2.09. The van der Waals surface area contributed by atoms with Gasteiger partial charge in [0.1, 0.15) is 16.2 Å². The summed E-state index contributed by atoms with van der Waals surface area (Å²) in [6.45, 7) is 6.05. The molecule has 0 radical (unpaired) electrons. The third-order valence-corrected chi connectivity index (χ3v) is 7.36. The van der Waals surface area contributed by atoms with E-state index in [0.29, 0.717) is 34.6 Å². The number of nitrogens with zero attached hydrogens (tertiary/aromatic N) is 2. The third kappa shape index (κ3) is 4.79. The molecule has 0 aliphatic carbocycles. The quantitative estimate of drug-likeness (QED) is 0.202. The maximum absolute atomic E-state index is 13.8. The number of thiazole rings is 1. The van der Waals surface area contributed by atoms with Gasteiger partial charge in [-0.05, 0) is 50.1 Å². The van der Waals surface area contributed by atoms with Crippen molar-refractivity contribution in [2.24, 2.45) is 0 Å². The van der Waals surface area contributed by atoms with Gasteiger partial charge in [0.25, 0.3) is 5.91 Å². The molecule has 0 bridgehead atoms. The first-order valence-electron chi connectivity index (χ1n) is 12.5. The second-order valence-electron chi connectivity index (χ2n) is 8.87. The van der Waals surface area contributed by atoms with Gasteiger partial charge in [0.2, 0.25) is 5.78 Å². The van der Waals surface area contributed by atoms with Gasteiger partial charge in [0, 0.05) is 5.39 Å². The Hall–Kier alpha value is -4.44. The van der Waals surface area contributed by atoms with E-state index in [1.165, 1.54) is 4.90 Å². The van der Waals surface area contributed by atoms with Crippen LogP contribution < -0.4 is 9.64 Å². The number of carbonyl (C=O) groups is 3. The van der Waals surface area contributed by atoms with Crippen molar-refractivity contribution in [3.8, 4) is 5.75 Å². The van der Waals surface area contributed by atoms with Gasteiger partial charge in [-0.2, -0.15) is 0 Å². The minimum absolute atomic E-state index is 0.0113. The highest BCUT2D eigenvalue weighted by atomic mass is 32.1. The van der Waals surface area contributed by atoms with Crippen LogP contribution in [0.2, 0.25) is 0 Å². The highest BCUT2D eigenvalue weighted by molar-refractivity contribution is 7.17. The number of anilines is 1. The number of hydrogen-bond donors (Lipinski definition) is 1. The number of fused-ring (bicyclic) bond motifs is 1. The lowest BCUT2D eigenvalue weighted by Gasteiger charge is -2.24. The Morgan fingerprint density at radius 2 is 1.87 bits per heavy atom. The first-order chi connectivity index (χ1) is 18.8. The highest BCUT2D eigenvalue weighted by Gasteiger charge is 2.47. The Labute approximate surface area is 228 Å². The van der Waals surface area contributed by atoms with Crippen molar-refractivity contribution < 1.29 is 33.4 Å². The summed E-state index contributed by atoms with van der Waals surface area (Å²) in [7, 11) is 0. The molecular weight excluding hydrogens is 520 g/mol. The molecule has 1 aliphatic heterocycles. The predicted octanol–water partition coefficient (Wildman–Crippen LogP) is 5.95. The minimum atomic E-state index is -1.03. The van der Waals surface area contributed by atoms with Crippen LogP contribution in [0.1, 0.15) is 57.8 Å². The fraction of sp³-hybridized carbons (Fsp3) is 0.241. The average Bonchev–Trinajstić information content (AvgIpc) is 3.61. The van der Waals surface area contributed by atoms with Crippen LogP contribution in [-0.2, 0) is 9.53 Å². The smallest absolute Gasteiger partial charge is 0.350 e. The standard InChI is InChI=1S/C29H26N2O7S/c1-4-14-37-19-12-10-17(11-13-19)23-22(24(32)21-15-18-8-6-7-9-20(18)38-21)25(33)27(34)31(23)29-30-16(3)26(39-29)28(35)36-5-2/h6-13,15,23,33H,4-5,14H2,1-3H3. The first-order valence-corrected chi connectivity index (χ1v) is 13.3. The number of para-hydroxylation sites is 1. The number of aromatic nitrogens is 1. The van der Waals surface area contributed by atoms with Crippen molar-refractivity contribution in [1.82, 2.24) is 4.98 Å². The first kappa shape index (κ1) is 26.2. The largest absolute Gasteiger partial charge is 0.503 e. The van der Waals surface area contributed by atoms with E-state index in [1.54, 1.807) is 62.4 Å². The summed E-state index contributed by atoms with van der Waals surface area (Å²) in [6.07, 6.45) is 0.839. The number of furan rings is 1. The van der Waals surface area contributed by atoms with Gasteiger partial charge >= 0.3 is 5.97 Å². The van der Waals surface area contributed by atoms with Crippen molar-refractivity contribution in [3.63, 3.8) is 0 Å². The molecule has 10 heteroatoms. The van der Waals surface area contributed by atoms with Gasteiger partial charge in [-0.1, -0.05) is 48.6 Å². The van der Waals surface area contributed by atoms with Crippen LogP contribution in [0.4, 0.5) is 5.13 Å². The number of esters is 1. The van der Waals surface area contributed by atoms with Crippen LogP contribution in [-0.4, -0.2) is 41.0 Å². The summed E-state index contributed by atoms with van der Waals surface area (Å²) < 4.78 is 16.6. The Morgan fingerprint density at radius 3 is 2.56 bits per heavy atom. The molecule has 1 aliphatic rings.